The molecule has 1 aliphatic rings. The average Bonchev–Trinajstić information content (AvgIpc) is 3.27. The van der Waals surface area contributed by atoms with Crippen LogP contribution in [0.4, 0.5) is 5.69 Å². The predicted octanol–water partition coefficient (Wildman–Crippen LogP) is 2.70. The van der Waals surface area contributed by atoms with Gasteiger partial charge in [0, 0.05) is 25.7 Å². The third-order valence-corrected chi connectivity index (χ3v) is 4.87. The number of aryl methyl sites for hydroxylation is 1. The van der Waals surface area contributed by atoms with Gasteiger partial charge < -0.3 is 19.0 Å². The zero-order valence-electron chi connectivity index (χ0n) is 16.4. The van der Waals surface area contributed by atoms with Crippen LogP contribution in [-0.4, -0.2) is 43.4 Å². The smallest absolute Gasteiger partial charge is 0.341 e. The minimum atomic E-state index is -0.460. The maximum absolute atomic E-state index is 12.5. The summed E-state index contributed by atoms with van der Waals surface area (Å²) in [4.78, 5) is 39.3. The number of amides is 2. The van der Waals surface area contributed by atoms with Gasteiger partial charge in [0.2, 0.25) is 11.8 Å². The summed E-state index contributed by atoms with van der Waals surface area (Å²) in [5.41, 5.74) is 2.11. The Hall–Kier alpha value is -3.09. The zero-order valence-corrected chi connectivity index (χ0v) is 16.4. The molecule has 0 N–H and O–H groups in total. The molecule has 7 nitrogen and oxygen atoms in total. The Morgan fingerprint density at radius 3 is 2.57 bits per heavy atom. The molecule has 1 aliphatic heterocycles. The standard InChI is InChI=1S/C21H24N2O5/c1-14-18(21(26)27-3)12-17(28-14)13-22(2)20(25)11-15-6-8-16(9-7-15)23-10-4-5-19(23)24/h6-9,12H,4-5,10-11,13H2,1-3H3. The molecule has 0 saturated carbocycles. The van der Waals surface area contributed by atoms with Crippen LogP contribution < -0.4 is 4.90 Å². The molecule has 0 spiro atoms. The van der Waals surface area contributed by atoms with Gasteiger partial charge in [0.1, 0.15) is 17.1 Å². The third kappa shape index (κ3) is 4.24. The molecular formula is C21H24N2O5. The van der Waals surface area contributed by atoms with Crippen molar-refractivity contribution in [1.29, 1.82) is 0 Å². The number of hydrogen-bond acceptors (Lipinski definition) is 5. The van der Waals surface area contributed by atoms with Crippen molar-refractivity contribution in [3.8, 4) is 0 Å². The summed E-state index contributed by atoms with van der Waals surface area (Å²) in [6.45, 7) is 2.69. The summed E-state index contributed by atoms with van der Waals surface area (Å²) in [6.07, 6.45) is 1.72. The number of likely N-dealkylation sites (N-methyl/N-ethyl adjacent to an activating group) is 1. The van der Waals surface area contributed by atoms with Crippen molar-refractivity contribution in [1.82, 2.24) is 4.90 Å². The van der Waals surface area contributed by atoms with Gasteiger partial charge in [-0.15, -0.1) is 0 Å². The van der Waals surface area contributed by atoms with Gasteiger partial charge in [0.05, 0.1) is 20.1 Å². The maximum Gasteiger partial charge on any atom is 0.341 e. The second kappa shape index (κ2) is 8.29. The van der Waals surface area contributed by atoms with E-state index in [4.69, 9.17) is 9.15 Å². The Balaban J connectivity index is 1.60. The van der Waals surface area contributed by atoms with Crippen LogP contribution in [0.3, 0.4) is 0 Å². The number of nitrogens with zero attached hydrogens (tertiary/aromatic N) is 2. The number of carbonyl (C=O) groups is 3. The van der Waals surface area contributed by atoms with E-state index in [0.29, 0.717) is 23.5 Å². The highest BCUT2D eigenvalue weighted by Crippen LogP contribution is 2.22. The second-order valence-electron chi connectivity index (χ2n) is 6.92. The van der Waals surface area contributed by atoms with E-state index in [9.17, 15) is 14.4 Å². The van der Waals surface area contributed by atoms with Gasteiger partial charge in [0.25, 0.3) is 0 Å². The van der Waals surface area contributed by atoms with E-state index in [-0.39, 0.29) is 24.8 Å². The topological polar surface area (TPSA) is 80.1 Å². The summed E-state index contributed by atoms with van der Waals surface area (Å²) >= 11 is 0. The van der Waals surface area contributed by atoms with Gasteiger partial charge in [-0.2, -0.15) is 0 Å². The molecule has 3 rings (SSSR count). The first-order chi connectivity index (χ1) is 13.4. The Labute approximate surface area is 163 Å². The third-order valence-electron chi connectivity index (χ3n) is 4.87. The Morgan fingerprint density at radius 2 is 1.96 bits per heavy atom. The van der Waals surface area contributed by atoms with Crippen molar-refractivity contribution in [2.24, 2.45) is 0 Å². The number of ether oxygens (including phenoxy) is 1. The fraction of sp³-hybridized carbons (Fsp3) is 0.381. The molecular weight excluding hydrogens is 360 g/mol. The van der Waals surface area contributed by atoms with Gasteiger partial charge in [-0.3, -0.25) is 9.59 Å². The van der Waals surface area contributed by atoms with Crippen LogP contribution in [0, 0.1) is 6.92 Å². The van der Waals surface area contributed by atoms with E-state index in [1.54, 1.807) is 29.8 Å². The predicted molar refractivity (Wildman–Crippen MR) is 103 cm³/mol. The molecule has 0 radical (unpaired) electrons. The molecule has 2 aromatic rings. The van der Waals surface area contributed by atoms with Crippen LogP contribution in [-0.2, 0) is 27.3 Å². The second-order valence-corrected chi connectivity index (χ2v) is 6.92. The first-order valence-corrected chi connectivity index (χ1v) is 9.20. The monoisotopic (exact) mass is 384 g/mol. The summed E-state index contributed by atoms with van der Waals surface area (Å²) in [5, 5.41) is 0. The molecule has 1 aromatic carbocycles. The van der Waals surface area contributed by atoms with E-state index in [0.717, 1.165) is 24.2 Å². The van der Waals surface area contributed by atoms with Crippen molar-refractivity contribution in [3.05, 3.63) is 53.0 Å². The zero-order chi connectivity index (χ0) is 20.3. The SMILES string of the molecule is COC(=O)c1cc(CN(C)C(=O)Cc2ccc(N3CCCC3=O)cc2)oc1C. The van der Waals surface area contributed by atoms with Crippen molar-refractivity contribution >= 4 is 23.5 Å². The number of anilines is 1. The quantitative estimate of drug-likeness (QED) is 0.716. The number of benzene rings is 1. The van der Waals surface area contributed by atoms with Crippen LogP contribution in [0.15, 0.2) is 34.7 Å². The van der Waals surface area contributed by atoms with Gasteiger partial charge in [0.15, 0.2) is 0 Å². The Kier molecular flexibility index (Phi) is 5.82. The molecule has 0 aliphatic carbocycles. The number of esters is 1. The number of hydrogen-bond donors (Lipinski definition) is 0. The van der Waals surface area contributed by atoms with Crippen LogP contribution in [0.1, 0.15) is 40.3 Å². The molecule has 0 atom stereocenters. The van der Waals surface area contributed by atoms with Crippen LogP contribution >= 0.6 is 0 Å². The number of methoxy groups -OCH3 is 1. The van der Waals surface area contributed by atoms with Crippen LogP contribution in [0.2, 0.25) is 0 Å². The number of carbonyl (C=O) groups excluding carboxylic acids is 3. The number of rotatable bonds is 6. The van der Waals surface area contributed by atoms with Crippen molar-refractivity contribution in [2.75, 3.05) is 25.6 Å². The molecule has 28 heavy (non-hydrogen) atoms. The highest BCUT2D eigenvalue weighted by atomic mass is 16.5. The van der Waals surface area contributed by atoms with E-state index in [1.807, 2.05) is 24.3 Å². The lowest BCUT2D eigenvalue weighted by atomic mass is 10.1. The summed E-state index contributed by atoms with van der Waals surface area (Å²) in [5.74, 6) is 0.603. The molecule has 0 unspecified atom stereocenters. The van der Waals surface area contributed by atoms with Crippen molar-refractivity contribution < 1.29 is 23.5 Å². The summed E-state index contributed by atoms with van der Waals surface area (Å²) in [6, 6.07) is 9.11. The average molecular weight is 384 g/mol. The van der Waals surface area contributed by atoms with Crippen molar-refractivity contribution in [2.45, 2.75) is 32.7 Å². The molecule has 7 heteroatoms. The van der Waals surface area contributed by atoms with Gasteiger partial charge in [-0.1, -0.05) is 12.1 Å². The van der Waals surface area contributed by atoms with Crippen LogP contribution in [0.5, 0.6) is 0 Å². The van der Waals surface area contributed by atoms with E-state index >= 15 is 0 Å². The van der Waals surface area contributed by atoms with Gasteiger partial charge in [-0.05, 0) is 37.1 Å². The molecule has 2 amide bonds. The first kappa shape index (κ1) is 19.7. The highest BCUT2D eigenvalue weighted by Gasteiger charge is 2.22. The van der Waals surface area contributed by atoms with Gasteiger partial charge in [-0.25, -0.2) is 4.79 Å². The largest absolute Gasteiger partial charge is 0.465 e. The molecule has 1 aromatic heterocycles. The van der Waals surface area contributed by atoms with Crippen molar-refractivity contribution in [3.63, 3.8) is 0 Å². The first-order valence-electron chi connectivity index (χ1n) is 9.20. The van der Waals surface area contributed by atoms with E-state index < -0.39 is 5.97 Å². The number of furan rings is 1. The minimum absolute atomic E-state index is 0.0707. The summed E-state index contributed by atoms with van der Waals surface area (Å²) < 4.78 is 10.3. The van der Waals surface area contributed by atoms with E-state index in [1.165, 1.54) is 7.11 Å². The lowest BCUT2D eigenvalue weighted by Crippen LogP contribution is -2.27. The van der Waals surface area contributed by atoms with E-state index in [2.05, 4.69) is 0 Å². The normalized spacial score (nSPS) is 13.7. The fourth-order valence-electron chi connectivity index (χ4n) is 3.28. The fourth-order valence-corrected chi connectivity index (χ4v) is 3.28. The highest BCUT2D eigenvalue weighted by molar-refractivity contribution is 5.95. The minimum Gasteiger partial charge on any atom is -0.465 e. The van der Waals surface area contributed by atoms with Gasteiger partial charge >= 0.3 is 5.97 Å². The maximum atomic E-state index is 12.5. The lowest BCUT2D eigenvalue weighted by molar-refractivity contribution is -0.130. The Bertz CT molecular complexity index is 885. The van der Waals surface area contributed by atoms with Crippen LogP contribution in [0.25, 0.3) is 0 Å². The molecule has 0 bridgehead atoms. The molecule has 2 heterocycles. The summed E-state index contributed by atoms with van der Waals surface area (Å²) in [7, 11) is 3.00. The molecule has 1 fully saturated rings. The molecule has 148 valence electrons. The molecule has 1 saturated heterocycles. The Morgan fingerprint density at radius 1 is 1.25 bits per heavy atom. The lowest BCUT2D eigenvalue weighted by Gasteiger charge is -2.17.